The second-order valence-corrected chi connectivity index (χ2v) is 10.7. The zero-order chi connectivity index (χ0) is 29.1. The summed E-state index contributed by atoms with van der Waals surface area (Å²) in [6.45, 7) is 8.09. The van der Waals surface area contributed by atoms with Gasteiger partial charge in [-0.1, -0.05) is 68.5 Å². The van der Waals surface area contributed by atoms with Crippen molar-refractivity contribution < 1.29 is 19.4 Å². The van der Waals surface area contributed by atoms with Crippen LogP contribution in [-0.2, 0) is 22.6 Å². The molecule has 0 aromatic heterocycles. The van der Waals surface area contributed by atoms with Crippen LogP contribution in [0.2, 0.25) is 0 Å². The summed E-state index contributed by atoms with van der Waals surface area (Å²) in [4.78, 5) is 28.9. The van der Waals surface area contributed by atoms with Crippen LogP contribution in [0.25, 0.3) is 0 Å². The Balaban J connectivity index is 1.91. The van der Waals surface area contributed by atoms with E-state index in [0.29, 0.717) is 31.6 Å². The van der Waals surface area contributed by atoms with Gasteiger partial charge in [0, 0.05) is 37.7 Å². The molecule has 4 N–H and O–H groups in total. The Labute approximate surface area is 239 Å². The van der Waals surface area contributed by atoms with E-state index in [2.05, 4.69) is 19.2 Å². The van der Waals surface area contributed by atoms with Gasteiger partial charge in [0.15, 0.2) is 0 Å². The number of nitrogens with one attached hydrogen (secondary N) is 1. The van der Waals surface area contributed by atoms with E-state index in [9.17, 15) is 14.7 Å². The third-order valence-electron chi connectivity index (χ3n) is 7.81. The van der Waals surface area contributed by atoms with Crippen LogP contribution in [-0.4, -0.2) is 54.7 Å². The molecule has 2 amide bonds. The SMILES string of the molecule is CCCN(CCC)C(=O)C1=C(C)C=CC(C(N)=O)(C(Cc2ccccc2)C(O)CNCc2cccc(OC)c2)C1. The number of aliphatic hydroxyl groups is 1. The van der Waals surface area contributed by atoms with Crippen molar-refractivity contribution in [2.45, 2.75) is 59.1 Å². The number of nitrogens with zero attached hydrogens (tertiary/aromatic N) is 1. The molecule has 40 heavy (non-hydrogen) atoms. The number of primary amides is 1. The van der Waals surface area contributed by atoms with Crippen LogP contribution in [0, 0.1) is 11.3 Å². The molecule has 216 valence electrons. The molecule has 3 rings (SSSR count). The molecule has 7 nitrogen and oxygen atoms in total. The van der Waals surface area contributed by atoms with Crippen molar-refractivity contribution in [2.75, 3.05) is 26.7 Å². The zero-order valence-electron chi connectivity index (χ0n) is 24.4. The minimum Gasteiger partial charge on any atom is -0.497 e. The molecule has 7 heteroatoms. The molecule has 0 saturated carbocycles. The van der Waals surface area contributed by atoms with Crippen molar-refractivity contribution in [1.29, 1.82) is 0 Å². The normalized spacial score (nSPS) is 18.3. The Bertz CT molecular complexity index is 1190. The van der Waals surface area contributed by atoms with Gasteiger partial charge in [0.05, 0.1) is 18.6 Å². The molecule has 0 heterocycles. The quantitative estimate of drug-likeness (QED) is 0.307. The molecule has 1 aliphatic carbocycles. The van der Waals surface area contributed by atoms with Gasteiger partial charge in [0.25, 0.3) is 0 Å². The topological polar surface area (TPSA) is 105 Å². The summed E-state index contributed by atoms with van der Waals surface area (Å²) in [5.74, 6) is -0.378. The van der Waals surface area contributed by atoms with Gasteiger partial charge < -0.3 is 25.8 Å². The van der Waals surface area contributed by atoms with Crippen LogP contribution in [0.5, 0.6) is 5.75 Å². The largest absolute Gasteiger partial charge is 0.497 e. The van der Waals surface area contributed by atoms with Crippen molar-refractivity contribution in [1.82, 2.24) is 10.2 Å². The molecule has 0 bridgehead atoms. The maximum absolute atomic E-state index is 13.7. The molecule has 2 aromatic rings. The molecule has 2 aromatic carbocycles. The van der Waals surface area contributed by atoms with E-state index in [0.717, 1.165) is 35.3 Å². The summed E-state index contributed by atoms with van der Waals surface area (Å²) in [5.41, 5.74) is 8.39. The van der Waals surface area contributed by atoms with Gasteiger partial charge in [-0.15, -0.1) is 0 Å². The zero-order valence-corrected chi connectivity index (χ0v) is 24.4. The van der Waals surface area contributed by atoms with Crippen LogP contribution >= 0.6 is 0 Å². The lowest BCUT2D eigenvalue weighted by atomic mass is 9.63. The van der Waals surface area contributed by atoms with Crippen molar-refractivity contribution in [3.63, 3.8) is 0 Å². The number of aliphatic hydroxyl groups excluding tert-OH is 1. The fraction of sp³-hybridized carbons (Fsp3) is 0.455. The third kappa shape index (κ3) is 7.61. The first-order valence-electron chi connectivity index (χ1n) is 14.3. The highest BCUT2D eigenvalue weighted by Crippen LogP contribution is 2.44. The summed E-state index contributed by atoms with van der Waals surface area (Å²) in [6, 6.07) is 17.5. The summed E-state index contributed by atoms with van der Waals surface area (Å²) in [7, 11) is 1.63. The van der Waals surface area contributed by atoms with E-state index in [-0.39, 0.29) is 18.9 Å². The van der Waals surface area contributed by atoms with Crippen molar-refractivity contribution in [2.24, 2.45) is 17.1 Å². The summed E-state index contributed by atoms with van der Waals surface area (Å²) in [6.07, 6.45) is 5.06. The maximum atomic E-state index is 13.7. The average molecular weight is 548 g/mol. The Hall–Kier alpha value is -3.42. The first kappa shape index (κ1) is 31.1. The second kappa shape index (κ2) is 14.8. The van der Waals surface area contributed by atoms with Crippen molar-refractivity contribution in [3.05, 3.63) is 89.0 Å². The number of benzene rings is 2. The number of carbonyl (C=O) groups is 2. The Kier molecular flexibility index (Phi) is 11.5. The van der Waals surface area contributed by atoms with Gasteiger partial charge in [-0.2, -0.15) is 0 Å². The van der Waals surface area contributed by atoms with Gasteiger partial charge in [-0.05, 0) is 61.4 Å². The van der Waals surface area contributed by atoms with Crippen LogP contribution in [0.3, 0.4) is 0 Å². The summed E-state index contributed by atoms with van der Waals surface area (Å²) >= 11 is 0. The van der Waals surface area contributed by atoms with Crippen LogP contribution in [0.15, 0.2) is 77.9 Å². The monoisotopic (exact) mass is 547 g/mol. The number of hydrogen-bond acceptors (Lipinski definition) is 5. The second-order valence-electron chi connectivity index (χ2n) is 10.7. The summed E-state index contributed by atoms with van der Waals surface area (Å²) in [5, 5.41) is 15.0. The van der Waals surface area contributed by atoms with Gasteiger partial charge in [-0.25, -0.2) is 0 Å². The molecule has 0 aliphatic heterocycles. The first-order valence-corrected chi connectivity index (χ1v) is 14.3. The smallest absolute Gasteiger partial charge is 0.250 e. The Morgan fingerprint density at radius 3 is 2.38 bits per heavy atom. The van der Waals surface area contributed by atoms with Gasteiger partial charge >= 0.3 is 0 Å². The van der Waals surface area contributed by atoms with E-state index in [1.165, 1.54) is 0 Å². The minimum atomic E-state index is -1.22. The van der Waals surface area contributed by atoms with Crippen LogP contribution < -0.4 is 15.8 Å². The third-order valence-corrected chi connectivity index (χ3v) is 7.81. The van der Waals surface area contributed by atoms with E-state index >= 15 is 0 Å². The number of nitrogens with two attached hydrogens (primary N) is 1. The number of amides is 2. The molecule has 0 radical (unpaired) electrons. The lowest BCUT2D eigenvalue weighted by Gasteiger charge is -2.42. The van der Waals surface area contributed by atoms with Gasteiger partial charge in [0.1, 0.15) is 5.75 Å². The molecule has 3 unspecified atom stereocenters. The van der Waals surface area contributed by atoms with E-state index in [1.807, 2.05) is 78.6 Å². The number of rotatable bonds is 15. The fourth-order valence-corrected chi connectivity index (χ4v) is 5.58. The van der Waals surface area contributed by atoms with Gasteiger partial charge in [-0.3, -0.25) is 9.59 Å². The van der Waals surface area contributed by atoms with Crippen LogP contribution in [0.4, 0.5) is 0 Å². The number of carbonyl (C=O) groups excluding carboxylic acids is 2. The molecular weight excluding hydrogens is 502 g/mol. The average Bonchev–Trinajstić information content (AvgIpc) is 2.96. The van der Waals surface area contributed by atoms with E-state index in [1.54, 1.807) is 7.11 Å². The number of hydrogen-bond donors (Lipinski definition) is 3. The lowest BCUT2D eigenvalue weighted by Crippen LogP contribution is -2.51. The van der Waals surface area contributed by atoms with E-state index < -0.39 is 23.3 Å². The van der Waals surface area contributed by atoms with E-state index in [4.69, 9.17) is 10.5 Å². The number of methoxy groups -OCH3 is 1. The minimum absolute atomic E-state index is 0.0553. The molecular formula is C33H45N3O4. The van der Waals surface area contributed by atoms with Crippen LogP contribution in [0.1, 0.15) is 51.2 Å². The highest BCUT2D eigenvalue weighted by Gasteiger charge is 2.48. The van der Waals surface area contributed by atoms with Crippen molar-refractivity contribution in [3.8, 4) is 5.75 Å². The lowest BCUT2D eigenvalue weighted by molar-refractivity contribution is -0.132. The molecule has 1 aliphatic rings. The predicted molar refractivity (Wildman–Crippen MR) is 160 cm³/mol. The maximum Gasteiger partial charge on any atom is 0.250 e. The first-order chi connectivity index (χ1) is 19.2. The molecule has 0 saturated heterocycles. The fourth-order valence-electron chi connectivity index (χ4n) is 5.58. The molecule has 0 spiro atoms. The summed E-state index contributed by atoms with van der Waals surface area (Å²) < 4.78 is 5.32. The molecule has 0 fully saturated rings. The predicted octanol–water partition coefficient (Wildman–Crippen LogP) is 4.40. The van der Waals surface area contributed by atoms with Crippen molar-refractivity contribution >= 4 is 11.8 Å². The number of ether oxygens (including phenoxy) is 1. The highest BCUT2D eigenvalue weighted by atomic mass is 16.5. The standard InChI is InChI=1S/C33H45N3O4/c1-5-17-36(18-6-2)31(38)28-21-33(32(34)39,16-15-24(28)3)29(20-25-11-8-7-9-12-25)30(37)23-35-22-26-13-10-14-27(19-26)40-4/h7-16,19,29-30,35,37H,5-6,17-18,20-23H2,1-4H3,(H2,34,39). The Morgan fingerprint density at radius 2 is 1.75 bits per heavy atom. The molecule has 3 atom stereocenters. The van der Waals surface area contributed by atoms with Gasteiger partial charge in [0.2, 0.25) is 11.8 Å². The Morgan fingerprint density at radius 1 is 1.07 bits per heavy atom. The highest BCUT2D eigenvalue weighted by molar-refractivity contribution is 5.97. The number of allylic oxidation sites excluding steroid dienone is 2.